The maximum absolute atomic E-state index is 12.1. The van der Waals surface area contributed by atoms with Crippen LogP contribution in [0.3, 0.4) is 0 Å². The Morgan fingerprint density at radius 1 is 1.11 bits per heavy atom. The Kier molecular flexibility index (Phi) is 10.8. The molecule has 12 heteroatoms. The first kappa shape index (κ1) is 27.4. The molecular weight excluding hydrogens is 510 g/mol. The van der Waals surface area contributed by atoms with Crippen LogP contribution in [0.25, 0.3) is 10.2 Å². The molecule has 0 bridgehead atoms. The molecule has 4 N–H and O–H groups in total. The zero-order valence-electron chi connectivity index (χ0n) is 19.1. The van der Waals surface area contributed by atoms with Gasteiger partial charge in [-0.25, -0.2) is 13.1 Å². The molecule has 3 rings (SSSR count). The van der Waals surface area contributed by atoms with Crippen LogP contribution in [0.15, 0.2) is 46.1 Å². The van der Waals surface area contributed by atoms with Crippen molar-refractivity contribution < 1.29 is 23.1 Å². The lowest BCUT2D eigenvalue weighted by atomic mass is 10.1. The zero-order valence-corrected chi connectivity index (χ0v) is 21.6. The number of hydrogen-bond acceptors (Lipinski definition) is 9. The van der Waals surface area contributed by atoms with Crippen LogP contribution in [-0.4, -0.2) is 69.1 Å². The van der Waals surface area contributed by atoms with Gasteiger partial charge in [-0.15, -0.1) is 11.8 Å². The van der Waals surface area contributed by atoms with Crippen molar-refractivity contribution in [3.05, 3.63) is 57.2 Å². The zero-order chi connectivity index (χ0) is 25.1. The Morgan fingerprint density at radius 3 is 2.77 bits per heavy atom. The lowest BCUT2D eigenvalue weighted by Crippen LogP contribution is -2.31. The van der Waals surface area contributed by atoms with Gasteiger partial charge in [0.25, 0.3) is 0 Å². The van der Waals surface area contributed by atoms with Crippen molar-refractivity contribution >= 4 is 49.6 Å². The van der Waals surface area contributed by atoms with E-state index in [1.807, 2.05) is 18.2 Å². The minimum absolute atomic E-state index is 0.0151. The summed E-state index contributed by atoms with van der Waals surface area (Å²) in [5.74, 6) is 0.737. The maximum Gasteiger partial charge on any atom is 0.305 e. The van der Waals surface area contributed by atoms with E-state index < -0.39 is 10.0 Å². The van der Waals surface area contributed by atoms with Crippen molar-refractivity contribution in [2.24, 2.45) is 0 Å². The molecule has 1 aromatic heterocycles. The number of phenolic OH excluding ortho intramolecular Hbond substituents is 1. The summed E-state index contributed by atoms with van der Waals surface area (Å²) in [6.45, 7) is 2.11. The van der Waals surface area contributed by atoms with Crippen LogP contribution in [0.1, 0.15) is 22.3 Å². The van der Waals surface area contributed by atoms with E-state index in [1.165, 1.54) is 11.8 Å². The highest BCUT2D eigenvalue weighted by molar-refractivity contribution is 7.99. The number of hydrogen-bond donors (Lipinski definition) is 4. The molecule has 0 aliphatic heterocycles. The number of H-pyrrole nitrogens is 1. The van der Waals surface area contributed by atoms with E-state index in [0.717, 1.165) is 32.8 Å². The van der Waals surface area contributed by atoms with Gasteiger partial charge in [0.05, 0.1) is 23.7 Å². The molecule has 2 aromatic carbocycles. The average molecular weight is 540 g/mol. The number of rotatable bonds is 16. The van der Waals surface area contributed by atoms with E-state index in [2.05, 4.69) is 15.0 Å². The molecule has 0 atom stereocenters. The number of aromatic amines is 1. The number of aromatic hydroxyl groups is 1. The number of carbonyl (C=O) groups excluding carboxylic acids is 1. The number of carbonyl (C=O) groups is 1. The summed E-state index contributed by atoms with van der Waals surface area (Å²) in [5.41, 5.74) is 2.06. The first-order chi connectivity index (χ1) is 16.9. The molecule has 35 heavy (non-hydrogen) atoms. The molecule has 0 spiro atoms. The summed E-state index contributed by atoms with van der Waals surface area (Å²) in [5, 5.41) is 13.1. The summed E-state index contributed by atoms with van der Waals surface area (Å²) in [4.78, 5) is 25.9. The molecule has 0 amide bonds. The third-order valence-corrected chi connectivity index (χ3v) is 8.56. The molecule has 0 aliphatic carbocycles. The minimum Gasteiger partial charge on any atom is -0.506 e. The highest BCUT2D eigenvalue weighted by atomic mass is 32.2. The Hall–Kier alpha value is -2.22. The van der Waals surface area contributed by atoms with Gasteiger partial charge in [-0.2, -0.15) is 0 Å². The lowest BCUT2D eigenvalue weighted by Gasteiger charge is -2.09. The van der Waals surface area contributed by atoms with Crippen molar-refractivity contribution in [3.8, 4) is 5.75 Å². The van der Waals surface area contributed by atoms with Crippen LogP contribution >= 0.6 is 23.1 Å². The third kappa shape index (κ3) is 8.74. The quantitative estimate of drug-likeness (QED) is 0.124. The fourth-order valence-electron chi connectivity index (χ4n) is 3.37. The van der Waals surface area contributed by atoms with Crippen molar-refractivity contribution in [2.75, 3.05) is 44.4 Å². The third-order valence-electron chi connectivity index (χ3n) is 5.08. The molecular formula is C23H29N3O6S3. The summed E-state index contributed by atoms with van der Waals surface area (Å²) in [7, 11) is -3.38. The second-order valence-corrected chi connectivity index (χ2v) is 11.7. The Bertz CT molecular complexity index is 1270. The predicted molar refractivity (Wildman–Crippen MR) is 140 cm³/mol. The van der Waals surface area contributed by atoms with Gasteiger partial charge in [-0.1, -0.05) is 35.6 Å². The molecule has 9 nitrogen and oxygen atoms in total. The number of thioether (sulfide) groups is 1. The monoisotopic (exact) mass is 539 g/mol. The summed E-state index contributed by atoms with van der Waals surface area (Å²) < 4.78 is 33.0. The number of aldehydes is 1. The van der Waals surface area contributed by atoms with Gasteiger partial charge in [0.2, 0.25) is 10.0 Å². The molecule has 3 aromatic rings. The van der Waals surface area contributed by atoms with Gasteiger partial charge in [-0.05, 0) is 43.6 Å². The van der Waals surface area contributed by atoms with Crippen molar-refractivity contribution in [3.63, 3.8) is 0 Å². The molecule has 0 aliphatic rings. The second kappa shape index (κ2) is 13.8. The van der Waals surface area contributed by atoms with E-state index >= 15 is 0 Å². The topological polar surface area (TPSA) is 138 Å². The van der Waals surface area contributed by atoms with E-state index in [1.54, 1.807) is 18.2 Å². The molecule has 0 unspecified atom stereocenters. The predicted octanol–water partition coefficient (Wildman–Crippen LogP) is 2.36. The van der Waals surface area contributed by atoms with Crippen LogP contribution in [0, 0.1) is 0 Å². The summed E-state index contributed by atoms with van der Waals surface area (Å²) >= 11 is 2.59. The Morgan fingerprint density at radius 2 is 1.94 bits per heavy atom. The number of phenols is 1. The van der Waals surface area contributed by atoms with Crippen molar-refractivity contribution in [1.29, 1.82) is 0 Å². The van der Waals surface area contributed by atoms with E-state index in [9.17, 15) is 23.1 Å². The second-order valence-electron chi connectivity index (χ2n) is 7.65. The molecule has 190 valence electrons. The number of thiazole rings is 1. The van der Waals surface area contributed by atoms with Gasteiger partial charge in [0, 0.05) is 22.8 Å². The van der Waals surface area contributed by atoms with Gasteiger partial charge in [0.15, 0.2) is 6.29 Å². The van der Waals surface area contributed by atoms with E-state index in [0.29, 0.717) is 49.4 Å². The number of ether oxygens (including phenoxy) is 1. The first-order valence-electron chi connectivity index (χ1n) is 11.2. The average Bonchev–Trinajstić information content (AvgIpc) is 3.24. The van der Waals surface area contributed by atoms with E-state index in [4.69, 9.17) is 4.74 Å². The molecule has 1 heterocycles. The standard InChI is InChI=1S/C23H29N3O6S3/c27-16-18-4-1-2-5-20(18)33-14-13-32-12-11-25-35(30,31)15-3-9-24-10-8-17-6-7-19(28)21-22(17)34-23(29)26-21/h1-2,4-7,16,24-25,28H,3,8-15H2,(H,26,29). The summed E-state index contributed by atoms with van der Waals surface area (Å²) in [6.07, 6.45) is 1.95. The van der Waals surface area contributed by atoms with Gasteiger partial charge < -0.3 is 20.1 Å². The van der Waals surface area contributed by atoms with Crippen molar-refractivity contribution in [2.45, 2.75) is 17.7 Å². The first-order valence-corrected chi connectivity index (χ1v) is 14.6. The summed E-state index contributed by atoms with van der Waals surface area (Å²) in [6, 6.07) is 10.7. The fourth-order valence-corrected chi connectivity index (χ4v) is 6.21. The largest absolute Gasteiger partial charge is 0.506 e. The molecule has 0 fully saturated rings. The number of benzene rings is 2. The van der Waals surface area contributed by atoms with Crippen molar-refractivity contribution in [1.82, 2.24) is 15.0 Å². The van der Waals surface area contributed by atoms with Crippen LogP contribution in [0.2, 0.25) is 0 Å². The van der Waals surface area contributed by atoms with E-state index in [-0.39, 0.29) is 29.5 Å². The molecule has 0 saturated heterocycles. The van der Waals surface area contributed by atoms with Crippen LogP contribution in [-0.2, 0) is 21.2 Å². The van der Waals surface area contributed by atoms with Crippen LogP contribution in [0.5, 0.6) is 5.75 Å². The van der Waals surface area contributed by atoms with Crippen LogP contribution < -0.4 is 14.9 Å². The fraction of sp³-hybridized carbons (Fsp3) is 0.391. The minimum atomic E-state index is -3.38. The number of sulfonamides is 1. The van der Waals surface area contributed by atoms with Gasteiger partial charge >= 0.3 is 4.87 Å². The lowest BCUT2D eigenvalue weighted by molar-refractivity contribution is 0.112. The highest BCUT2D eigenvalue weighted by Gasteiger charge is 2.11. The highest BCUT2D eigenvalue weighted by Crippen LogP contribution is 2.27. The number of nitrogens with one attached hydrogen (secondary N) is 3. The van der Waals surface area contributed by atoms with Gasteiger partial charge in [0.1, 0.15) is 11.3 Å². The maximum atomic E-state index is 12.1. The Labute approximate surface area is 212 Å². The SMILES string of the molecule is O=Cc1ccccc1SCCOCCNS(=O)(=O)CCCNCCc1ccc(O)c2[nH]c(=O)sc12. The Balaban J connectivity index is 1.24. The number of aromatic nitrogens is 1. The normalized spacial score (nSPS) is 11.8. The number of fused-ring (bicyclic) bond motifs is 1. The molecule has 0 saturated carbocycles. The van der Waals surface area contributed by atoms with Crippen LogP contribution in [0.4, 0.5) is 0 Å². The molecule has 0 radical (unpaired) electrons. The van der Waals surface area contributed by atoms with Gasteiger partial charge in [-0.3, -0.25) is 9.59 Å². The smallest absolute Gasteiger partial charge is 0.305 e.